The van der Waals surface area contributed by atoms with E-state index in [4.69, 9.17) is 9.57 Å². The summed E-state index contributed by atoms with van der Waals surface area (Å²) in [6.07, 6.45) is 6.01. The second kappa shape index (κ2) is 14.6. The second-order valence-corrected chi connectivity index (χ2v) is 14.1. The Morgan fingerprint density at radius 3 is 2.33 bits per heavy atom. The normalized spacial score (nSPS) is 24.6. The number of nitrogens with zero attached hydrogens (tertiary/aromatic N) is 2. The fourth-order valence-electron chi connectivity index (χ4n) is 6.65. The van der Waals surface area contributed by atoms with Crippen LogP contribution in [0.1, 0.15) is 71.3 Å². The Balaban J connectivity index is 1.31. The number of benzene rings is 2. The van der Waals surface area contributed by atoms with Crippen LogP contribution in [0.4, 0.5) is 4.79 Å². The van der Waals surface area contributed by atoms with Crippen LogP contribution in [0.2, 0.25) is 0 Å². The number of likely N-dealkylation sites (tertiary alicyclic amines) is 1. The minimum Gasteiger partial charge on any atom is -0.479 e. The molecule has 11 heteroatoms. The average molecular weight is 659 g/mol. The molecular weight excluding hydrogens is 612 g/mol. The number of carbonyl (C=O) groups excluding carboxylic acids is 3. The van der Waals surface area contributed by atoms with Gasteiger partial charge in [-0.05, 0) is 66.5 Å². The first kappa shape index (κ1) is 34.7. The molecule has 0 spiro atoms. The average Bonchev–Trinajstić information content (AvgIpc) is 3.35. The highest BCUT2D eigenvalue weighted by molar-refractivity contribution is 5.96. The molecule has 2 aromatic rings. The Hall–Kier alpha value is -4.67. The van der Waals surface area contributed by atoms with Gasteiger partial charge >= 0.3 is 12.1 Å². The van der Waals surface area contributed by atoms with Gasteiger partial charge in [-0.3, -0.25) is 9.59 Å². The predicted molar refractivity (Wildman–Crippen MR) is 181 cm³/mol. The summed E-state index contributed by atoms with van der Waals surface area (Å²) in [4.78, 5) is 60.3. The molecule has 1 aliphatic heterocycles. The van der Waals surface area contributed by atoms with Crippen molar-refractivity contribution in [1.29, 1.82) is 0 Å². The van der Waals surface area contributed by atoms with E-state index in [0.717, 1.165) is 42.4 Å². The Bertz CT molecular complexity index is 1510. The molecule has 5 atom stereocenters. The standard InChI is InChI=1S/C37H46N4O7/c1-5-11-27-21-37(27,34(44)45)40-32(42)30-20-29(48-38-22-24-16-18-26(19-17-24)25-12-7-6-8-13-25)23-41(30)33(43)31(36(2,3)4)39-35(46)47-28-14-9-10-15-28/h5-8,12-13,16-19,22,27-31H,1,9-11,14-15,20-21,23H2,2-4H3,(H,39,46)(H,40,42)(H,44,45)/b38-22+/t27-,29-,30+,31-,37-/m1/s1. The Morgan fingerprint density at radius 2 is 1.71 bits per heavy atom. The molecular formula is C37H46N4O7. The number of rotatable bonds is 12. The Labute approximate surface area is 281 Å². The summed E-state index contributed by atoms with van der Waals surface area (Å²) in [6.45, 7) is 9.18. The molecule has 2 aromatic carbocycles. The van der Waals surface area contributed by atoms with Crippen molar-refractivity contribution in [2.24, 2.45) is 16.5 Å². The Morgan fingerprint density at radius 1 is 1.04 bits per heavy atom. The number of aliphatic carboxylic acids is 1. The van der Waals surface area contributed by atoms with Crippen LogP contribution in [-0.4, -0.2) is 76.5 Å². The second-order valence-electron chi connectivity index (χ2n) is 14.1. The number of oxime groups is 1. The molecule has 0 bridgehead atoms. The summed E-state index contributed by atoms with van der Waals surface area (Å²) in [5.74, 6) is -2.50. The van der Waals surface area contributed by atoms with E-state index in [0.29, 0.717) is 6.42 Å². The van der Waals surface area contributed by atoms with Crippen LogP contribution in [0.5, 0.6) is 0 Å². The maximum absolute atomic E-state index is 14.2. The zero-order chi connectivity index (χ0) is 34.5. The molecule has 2 aliphatic carbocycles. The van der Waals surface area contributed by atoms with E-state index in [1.165, 1.54) is 4.90 Å². The van der Waals surface area contributed by atoms with Gasteiger partial charge in [0.05, 0.1) is 12.8 Å². The zero-order valence-electron chi connectivity index (χ0n) is 27.9. The summed E-state index contributed by atoms with van der Waals surface area (Å²) >= 11 is 0. The highest BCUT2D eigenvalue weighted by Crippen LogP contribution is 2.46. The summed E-state index contributed by atoms with van der Waals surface area (Å²) < 4.78 is 5.59. The third-order valence-corrected chi connectivity index (χ3v) is 9.51. The number of hydrogen-bond donors (Lipinski definition) is 3. The smallest absolute Gasteiger partial charge is 0.408 e. The first-order valence-electron chi connectivity index (χ1n) is 16.7. The number of allylic oxidation sites excluding steroid dienone is 1. The van der Waals surface area contributed by atoms with E-state index in [1.807, 2.05) is 75.4 Å². The van der Waals surface area contributed by atoms with Gasteiger partial charge < -0.3 is 30.2 Å². The van der Waals surface area contributed by atoms with Gasteiger partial charge in [0.15, 0.2) is 0 Å². The summed E-state index contributed by atoms with van der Waals surface area (Å²) in [5.41, 5.74) is 0.808. The molecule has 3 aliphatic rings. The number of hydrogen-bond acceptors (Lipinski definition) is 7. The molecule has 0 radical (unpaired) electrons. The minimum atomic E-state index is -1.42. The Kier molecular flexibility index (Phi) is 10.6. The van der Waals surface area contributed by atoms with Gasteiger partial charge in [-0.2, -0.15) is 0 Å². The van der Waals surface area contributed by atoms with E-state index in [2.05, 4.69) is 22.4 Å². The van der Waals surface area contributed by atoms with Crippen LogP contribution < -0.4 is 10.6 Å². The van der Waals surface area contributed by atoms with Gasteiger partial charge in [-0.25, -0.2) is 9.59 Å². The molecule has 3 N–H and O–H groups in total. The minimum absolute atomic E-state index is 0.0172. The molecule has 48 heavy (non-hydrogen) atoms. The SMILES string of the molecule is C=CC[C@@H]1C[C@]1(NC(=O)[C@@H]1C[C@@H](O/N=C/c2ccc(-c3ccccc3)cc2)CN1C(=O)[C@@H](NC(=O)OC1CCCC1)C(C)(C)C)C(=O)O. The molecule has 5 rings (SSSR count). The van der Waals surface area contributed by atoms with E-state index in [9.17, 15) is 24.3 Å². The lowest BCUT2D eigenvalue weighted by Gasteiger charge is -2.35. The van der Waals surface area contributed by atoms with Gasteiger partial charge in [0.1, 0.15) is 29.8 Å². The molecule has 11 nitrogen and oxygen atoms in total. The molecule has 0 aromatic heterocycles. The van der Waals surface area contributed by atoms with E-state index >= 15 is 0 Å². The number of carboxylic acid groups (broad SMARTS) is 1. The van der Waals surface area contributed by atoms with Crippen molar-refractivity contribution in [1.82, 2.24) is 15.5 Å². The molecule has 3 fully saturated rings. The van der Waals surface area contributed by atoms with Crippen molar-refractivity contribution in [2.75, 3.05) is 6.54 Å². The first-order chi connectivity index (χ1) is 22.9. The van der Waals surface area contributed by atoms with Gasteiger partial charge in [-0.1, -0.05) is 86.6 Å². The third kappa shape index (κ3) is 8.06. The first-order valence-corrected chi connectivity index (χ1v) is 16.7. The van der Waals surface area contributed by atoms with E-state index in [-0.39, 0.29) is 31.4 Å². The fraction of sp³-hybridized carbons (Fsp3) is 0.486. The summed E-state index contributed by atoms with van der Waals surface area (Å²) in [6, 6.07) is 15.7. The molecule has 1 heterocycles. The number of nitrogens with one attached hydrogen (secondary N) is 2. The number of alkyl carbamates (subject to hydrolysis) is 1. The highest BCUT2D eigenvalue weighted by atomic mass is 16.6. The highest BCUT2D eigenvalue weighted by Gasteiger charge is 2.62. The van der Waals surface area contributed by atoms with Gasteiger partial charge in [0, 0.05) is 6.42 Å². The van der Waals surface area contributed by atoms with Crippen molar-refractivity contribution in [3.63, 3.8) is 0 Å². The lowest BCUT2D eigenvalue weighted by atomic mass is 9.85. The molecule has 3 amide bonds. The van der Waals surface area contributed by atoms with Crippen LogP contribution in [0, 0.1) is 11.3 Å². The van der Waals surface area contributed by atoms with Gasteiger partial charge in [0.2, 0.25) is 11.8 Å². The van der Waals surface area contributed by atoms with Crippen molar-refractivity contribution in [2.45, 2.75) is 95.5 Å². The maximum Gasteiger partial charge on any atom is 0.408 e. The quantitative estimate of drug-likeness (QED) is 0.160. The van der Waals surface area contributed by atoms with Crippen molar-refractivity contribution < 1.29 is 33.9 Å². The van der Waals surface area contributed by atoms with Crippen LogP contribution in [0.3, 0.4) is 0 Å². The number of ether oxygens (including phenoxy) is 1. The van der Waals surface area contributed by atoms with Gasteiger partial charge in [0.25, 0.3) is 0 Å². The fourth-order valence-corrected chi connectivity index (χ4v) is 6.65. The topological polar surface area (TPSA) is 147 Å². The van der Waals surface area contributed by atoms with Crippen molar-refractivity contribution >= 4 is 30.1 Å². The predicted octanol–water partition coefficient (Wildman–Crippen LogP) is 5.29. The lowest BCUT2D eigenvalue weighted by molar-refractivity contribution is -0.146. The van der Waals surface area contributed by atoms with Crippen LogP contribution in [0.15, 0.2) is 72.4 Å². The van der Waals surface area contributed by atoms with E-state index < -0.39 is 53.0 Å². The summed E-state index contributed by atoms with van der Waals surface area (Å²) in [5, 5.41) is 19.7. The zero-order valence-corrected chi connectivity index (χ0v) is 27.9. The number of amides is 3. The lowest BCUT2D eigenvalue weighted by Crippen LogP contribution is -2.59. The molecule has 1 saturated heterocycles. The molecule has 2 saturated carbocycles. The molecule has 0 unspecified atom stereocenters. The van der Waals surface area contributed by atoms with Gasteiger partial charge in [-0.15, -0.1) is 6.58 Å². The van der Waals surface area contributed by atoms with E-state index in [1.54, 1.807) is 12.3 Å². The maximum atomic E-state index is 14.2. The van der Waals surface area contributed by atoms with Crippen LogP contribution in [0.25, 0.3) is 11.1 Å². The summed E-state index contributed by atoms with van der Waals surface area (Å²) in [7, 11) is 0. The number of carboxylic acids is 1. The number of carbonyl (C=O) groups is 4. The van der Waals surface area contributed by atoms with Crippen LogP contribution >= 0.6 is 0 Å². The van der Waals surface area contributed by atoms with Crippen molar-refractivity contribution in [3.05, 3.63) is 72.8 Å². The monoisotopic (exact) mass is 658 g/mol. The van der Waals surface area contributed by atoms with Crippen LogP contribution in [-0.2, 0) is 24.0 Å². The third-order valence-electron chi connectivity index (χ3n) is 9.51. The largest absolute Gasteiger partial charge is 0.479 e. The molecule has 256 valence electrons. The van der Waals surface area contributed by atoms with Crippen molar-refractivity contribution in [3.8, 4) is 11.1 Å².